The Hall–Kier alpha value is -1.45. The van der Waals surface area contributed by atoms with E-state index >= 15 is 0 Å². The van der Waals surface area contributed by atoms with Gasteiger partial charge in [-0.05, 0) is 12.1 Å². The third kappa shape index (κ3) is 2.81. The molecule has 1 heterocycles. The van der Waals surface area contributed by atoms with E-state index in [0.29, 0.717) is 12.1 Å². The number of rotatable bonds is 4. The first-order valence-electron chi connectivity index (χ1n) is 3.89. The summed E-state index contributed by atoms with van der Waals surface area (Å²) in [7, 11) is -5.78. The predicted molar refractivity (Wildman–Crippen MR) is 44.6 cm³/mol. The Morgan fingerprint density at radius 1 is 1.29 bits per heavy atom. The van der Waals surface area contributed by atoms with Gasteiger partial charge in [0.25, 0.3) is 5.88 Å². The Balaban J connectivity index is 3.11. The van der Waals surface area contributed by atoms with Crippen molar-refractivity contribution in [1.82, 2.24) is 4.98 Å². The molecule has 17 heavy (non-hydrogen) atoms. The smallest absolute Gasteiger partial charge is 0.354 e. The zero-order chi connectivity index (χ0) is 13.3. The predicted octanol–water partition coefficient (Wildman–Crippen LogP) is 1.63. The number of aromatic nitrogens is 1. The molecule has 10 heteroatoms. The molecule has 0 saturated heterocycles. The number of pyridine rings is 1. The minimum Gasteiger partial charge on any atom is -0.354 e. The maximum atomic E-state index is 12.8. The fourth-order valence-electron chi connectivity index (χ4n) is 0.691. The van der Waals surface area contributed by atoms with Gasteiger partial charge in [-0.25, -0.2) is 8.78 Å². The van der Waals surface area contributed by atoms with Crippen molar-refractivity contribution in [2.24, 2.45) is 0 Å². The zero-order valence-corrected chi connectivity index (χ0v) is 8.65. The highest BCUT2D eigenvalue weighted by molar-refractivity contribution is 7.88. The third-order valence-corrected chi connectivity index (χ3v) is 2.71. The summed E-state index contributed by atoms with van der Waals surface area (Å²) in [6.45, 7) is -2.56. The van der Waals surface area contributed by atoms with Gasteiger partial charge in [0.15, 0.2) is 12.5 Å². The first kappa shape index (κ1) is 13.6. The second-order valence-electron chi connectivity index (χ2n) is 2.73. The van der Waals surface area contributed by atoms with E-state index in [-0.39, 0.29) is 0 Å². The lowest BCUT2D eigenvalue weighted by Gasteiger charge is -2.13. The molecule has 1 rings (SSSR count). The molecule has 0 aliphatic carbocycles. The summed E-state index contributed by atoms with van der Waals surface area (Å²) in [5.74, 6) is -4.34. The van der Waals surface area contributed by atoms with E-state index in [9.17, 15) is 30.4 Å². The van der Waals surface area contributed by atoms with Crippen LogP contribution in [0.4, 0.5) is 22.0 Å². The molecule has 1 aromatic heterocycles. The van der Waals surface area contributed by atoms with E-state index in [2.05, 4.69) is 9.17 Å². The summed E-state index contributed by atoms with van der Waals surface area (Å²) in [4.78, 5) is 2.61. The molecular formula is C7H4F5NO3S. The van der Waals surface area contributed by atoms with Gasteiger partial charge in [-0.1, -0.05) is 0 Å². The van der Waals surface area contributed by atoms with Gasteiger partial charge in [0.2, 0.25) is 5.95 Å². The average molecular weight is 277 g/mol. The molecule has 0 aromatic carbocycles. The number of halogens is 5. The summed E-state index contributed by atoms with van der Waals surface area (Å²) in [6, 6.07) is 0.933. The van der Waals surface area contributed by atoms with Crippen molar-refractivity contribution in [3.05, 3.63) is 23.9 Å². The largest absolute Gasteiger partial charge is 0.407 e. The van der Waals surface area contributed by atoms with Gasteiger partial charge in [-0.15, -0.1) is 0 Å². The normalized spacial score (nSPS) is 12.5. The Bertz CT molecular complexity index is 518. The van der Waals surface area contributed by atoms with Crippen molar-refractivity contribution in [2.75, 3.05) is 6.67 Å². The number of nitrogens with zero attached hydrogens (tertiary/aromatic N) is 1. The van der Waals surface area contributed by atoms with E-state index in [1.165, 1.54) is 0 Å². The van der Waals surface area contributed by atoms with Crippen molar-refractivity contribution in [3.63, 3.8) is 0 Å². The van der Waals surface area contributed by atoms with Gasteiger partial charge in [-0.2, -0.15) is 26.6 Å². The molecule has 0 bridgehead atoms. The topological polar surface area (TPSA) is 56.3 Å². The molecule has 0 N–H and O–H groups in total. The summed E-state index contributed by atoms with van der Waals surface area (Å²) >= 11 is 0. The lowest BCUT2D eigenvalue weighted by atomic mass is 10.5. The molecule has 4 nitrogen and oxygen atoms in total. The average Bonchev–Trinajstić information content (AvgIpc) is 2.23. The van der Waals surface area contributed by atoms with E-state index in [1.54, 1.807) is 0 Å². The van der Waals surface area contributed by atoms with Crippen LogP contribution in [0.2, 0.25) is 0 Å². The molecule has 0 amide bonds. The monoisotopic (exact) mass is 277 g/mol. The lowest BCUT2D eigenvalue weighted by molar-refractivity contribution is 0.0534. The van der Waals surface area contributed by atoms with Gasteiger partial charge >= 0.3 is 15.4 Å². The van der Waals surface area contributed by atoms with Crippen LogP contribution < -0.4 is 4.18 Å². The van der Waals surface area contributed by atoms with Gasteiger partial charge in [-0.3, -0.25) is 0 Å². The van der Waals surface area contributed by atoms with Crippen LogP contribution in [0.15, 0.2) is 12.1 Å². The summed E-state index contributed by atoms with van der Waals surface area (Å²) in [5.41, 5.74) is 0. The fourth-order valence-corrected chi connectivity index (χ4v) is 1.27. The van der Waals surface area contributed by atoms with Crippen LogP contribution in [0.1, 0.15) is 0 Å². The van der Waals surface area contributed by atoms with Crippen molar-refractivity contribution < 1.29 is 34.6 Å². The van der Waals surface area contributed by atoms with Crippen LogP contribution in [-0.2, 0) is 10.1 Å². The minimum absolute atomic E-state index is 0.417. The maximum Gasteiger partial charge on any atom is 0.407 e. The van der Waals surface area contributed by atoms with Gasteiger partial charge in [0, 0.05) is 0 Å². The molecule has 0 unspecified atom stereocenters. The molecule has 0 spiro atoms. The second kappa shape index (κ2) is 4.43. The summed E-state index contributed by atoms with van der Waals surface area (Å²) in [5, 5.41) is -4.87. The molecule has 0 saturated carbocycles. The molecule has 1 aromatic rings. The van der Waals surface area contributed by atoms with Crippen LogP contribution in [-0.4, -0.2) is 25.3 Å². The maximum absolute atomic E-state index is 12.8. The Morgan fingerprint density at radius 2 is 1.88 bits per heavy atom. The Labute approximate surface area is 92.2 Å². The first-order chi connectivity index (χ1) is 7.69. The Morgan fingerprint density at radius 3 is 2.41 bits per heavy atom. The minimum atomic E-state index is -5.78. The van der Waals surface area contributed by atoms with Crippen LogP contribution in [0.3, 0.4) is 0 Å². The highest BCUT2D eigenvalue weighted by Crippen LogP contribution is 2.26. The molecule has 96 valence electrons. The lowest BCUT2D eigenvalue weighted by Crippen LogP contribution is -2.35. The van der Waals surface area contributed by atoms with E-state index in [0.717, 1.165) is 0 Å². The van der Waals surface area contributed by atoms with Crippen LogP contribution in [0.5, 0.6) is 5.88 Å². The van der Waals surface area contributed by atoms with E-state index < -0.39 is 39.7 Å². The van der Waals surface area contributed by atoms with Crippen LogP contribution in [0.25, 0.3) is 0 Å². The van der Waals surface area contributed by atoms with Gasteiger partial charge < -0.3 is 4.18 Å². The second-order valence-corrected chi connectivity index (χ2v) is 4.40. The SMILES string of the molecule is O=S(=O)(Oc1nc(F)ccc1F)C(F)(F)CF. The van der Waals surface area contributed by atoms with Crippen LogP contribution in [0, 0.1) is 11.8 Å². The van der Waals surface area contributed by atoms with E-state index in [1.807, 2.05) is 0 Å². The van der Waals surface area contributed by atoms with Crippen molar-refractivity contribution in [2.45, 2.75) is 5.25 Å². The standard InChI is InChI=1S/C7H4F5NO3S/c8-3-7(11,12)17(14,15)16-6-4(9)1-2-5(10)13-6/h1-2H,3H2. The molecule has 0 atom stereocenters. The summed E-state index contributed by atoms with van der Waals surface area (Å²) in [6.07, 6.45) is 0. The highest BCUT2D eigenvalue weighted by Gasteiger charge is 2.48. The highest BCUT2D eigenvalue weighted by atomic mass is 32.2. The number of hydrogen-bond donors (Lipinski definition) is 0. The molecule has 0 radical (unpaired) electrons. The van der Waals surface area contributed by atoms with Crippen molar-refractivity contribution in [3.8, 4) is 5.88 Å². The number of alkyl halides is 3. The van der Waals surface area contributed by atoms with E-state index in [4.69, 9.17) is 0 Å². The third-order valence-electron chi connectivity index (χ3n) is 1.49. The summed E-state index contributed by atoms with van der Waals surface area (Å²) < 4.78 is 87.2. The van der Waals surface area contributed by atoms with Crippen molar-refractivity contribution in [1.29, 1.82) is 0 Å². The van der Waals surface area contributed by atoms with Gasteiger partial charge in [0.1, 0.15) is 0 Å². The number of hydrogen-bond acceptors (Lipinski definition) is 4. The zero-order valence-electron chi connectivity index (χ0n) is 7.83. The van der Waals surface area contributed by atoms with Crippen molar-refractivity contribution >= 4 is 10.1 Å². The van der Waals surface area contributed by atoms with Gasteiger partial charge in [0.05, 0.1) is 0 Å². The quantitative estimate of drug-likeness (QED) is 0.477. The van der Waals surface area contributed by atoms with Crippen LogP contribution >= 0.6 is 0 Å². The molecule has 0 aliphatic rings. The first-order valence-corrected chi connectivity index (χ1v) is 5.30. The fraction of sp³-hybridized carbons (Fsp3) is 0.286. The molecule has 0 aliphatic heterocycles. The Kier molecular flexibility index (Phi) is 3.55. The molecular weight excluding hydrogens is 273 g/mol. The molecule has 0 fully saturated rings.